The first-order valence-electron chi connectivity index (χ1n) is 15.3. The van der Waals surface area contributed by atoms with Crippen LogP contribution >= 0.6 is 22.9 Å². The van der Waals surface area contributed by atoms with Crippen LogP contribution in [0.1, 0.15) is 43.6 Å². The number of halogens is 2. The van der Waals surface area contributed by atoms with E-state index >= 15 is 0 Å². The summed E-state index contributed by atoms with van der Waals surface area (Å²) >= 11 is 7.92. The number of thiophene rings is 1. The largest absolute Gasteiger partial charge is 0.448 e. The van der Waals surface area contributed by atoms with E-state index in [9.17, 15) is 14.0 Å². The molecule has 3 heterocycles. The molecule has 2 amide bonds. The normalized spacial score (nSPS) is 14.0. The summed E-state index contributed by atoms with van der Waals surface area (Å²) in [6, 6.07) is 24.0. The van der Waals surface area contributed by atoms with Crippen molar-refractivity contribution >= 4 is 34.9 Å². The second-order valence-corrected chi connectivity index (χ2v) is 13.3. The van der Waals surface area contributed by atoms with Gasteiger partial charge in [-0.25, -0.2) is 9.18 Å². The highest BCUT2D eigenvalue weighted by molar-refractivity contribution is 7.14. The predicted octanol–water partition coefficient (Wildman–Crippen LogP) is 7.57. The molecule has 46 heavy (non-hydrogen) atoms. The number of nitrogens with zero attached hydrogens (tertiary/aromatic N) is 3. The highest BCUT2D eigenvalue weighted by Gasteiger charge is 2.30. The first kappa shape index (κ1) is 30.2. The van der Waals surface area contributed by atoms with E-state index in [0.29, 0.717) is 21.9 Å². The number of benzene rings is 3. The monoisotopic (exact) mass is 654 g/mol. The summed E-state index contributed by atoms with van der Waals surface area (Å²) in [6.45, 7) is 1.13. The topological polar surface area (TPSA) is 76.5 Å². The van der Waals surface area contributed by atoms with Crippen LogP contribution in [0.15, 0.2) is 85.1 Å². The van der Waals surface area contributed by atoms with E-state index in [-0.39, 0.29) is 30.8 Å². The van der Waals surface area contributed by atoms with E-state index in [0.717, 1.165) is 57.8 Å². The lowest BCUT2D eigenvalue weighted by molar-refractivity contribution is 0.0898. The van der Waals surface area contributed by atoms with Crippen molar-refractivity contribution in [2.45, 2.75) is 37.8 Å². The van der Waals surface area contributed by atoms with Crippen LogP contribution in [-0.4, -0.2) is 52.9 Å². The van der Waals surface area contributed by atoms with Gasteiger partial charge in [-0.3, -0.25) is 9.48 Å². The number of carbonyl (C=O) groups excluding carboxylic acids is 2. The van der Waals surface area contributed by atoms with Gasteiger partial charge in [0.15, 0.2) is 0 Å². The van der Waals surface area contributed by atoms with Crippen LogP contribution in [-0.2, 0) is 24.1 Å². The van der Waals surface area contributed by atoms with Crippen LogP contribution in [0.25, 0.3) is 22.4 Å². The molecule has 1 N–H and O–H groups in total. The van der Waals surface area contributed by atoms with Gasteiger partial charge in [0.05, 0.1) is 27.8 Å². The fourth-order valence-corrected chi connectivity index (χ4v) is 7.94. The number of fused-ring (bicyclic) bond motifs is 6. The number of amides is 2. The Bertz CT molecular complexity index is 1890. The molecule has 5 aromatic rings. The molecule has 1 atom stereocenters. The van der Waals surface area contributed by atoms with Gasteiger partial charge in [-0.15, -0.1) is 11.3 Å². The van der Waals surface area contributed by atoms with Gasteiger partial charge in [0.1, 0.15) is 12.4 Å². The van der Waals surface area contributed by atoms with Crippen LogP contribution < -0.4 is 5.32 Å². The molecule has 0 fully saturated rings. The average molecular weight is 655 g/mol. The number of rotatable bonds is 8. The van der Waals surface area contributed by atoms with Gasteiger partial charge in [0, 0.05) is 36.5 Å². The number of hydrogen-bond acceptors (Lipinski definition) is 5. The summed E-state index contributed by atoms with van der Waals surface area (Å²) in [4.78, 5) is 30.1. The van der Waals surface area contributed by atoms with Crippen molar-refractivity contribution in [3.63, 3.8) is 0 Å². The fourth-order valence-electron chi connectivity index (χ4n) is 6.59. The summed E-state index contributed by atoms with van der Waals surface area (Å²) in [5.74, 6) is -0.683. The van der Waals surface area contributed by atoms with Gasteiger partial charge < -0.3 is 15.0 Å². The van der Waals surface area contributed by atoms with E-state index in [4.69, 9.17) is 16.3 Å². The molecule has 7 nitrogen and oxygen atoms in total. The zero-order chi connectivity index (χ0) is 31.8. The quantitative estimate of drug-likeness (QED) is 0.187. The molecule has 0 radical (unpaired) electrons. The summed E-state index contributed by atoms with van der Waals surface area (Å²) in [6.07, 6.45) is 3.19. The van der Waals surface area contributed by atoms with Crippen molar-refractivity contribution in [3.8, 4) is 22.4 Å². The lowest BCUT2D eigenvalue weighted by atomic mass is 9.98. The number of aromatic nitrogens is 2. The third kappa shape index (κ3) is 5.92. The Morgan fingerprint density at radius 3 is 2.54 bits per heavy atom. The maximum absolute atomic E-state index is 14.1. The molecular weight excluding hydrogens is 623 g/mol. The molecule has 1 aliphatic heterocycles. The SMILES string of the molecule is CN(C[C@H](Cc1cccc(F)c1)NC(=O)c1cc2c(s1)CCCn1ncc(Cl)c1-2)C(=O)OCC1c2ccccc2-c2ccccc21. The van der Waals surface area contributed by atoms with Gasteiger partial charge >= 0.3 is 6.09 Å². The minimum atomic E-state index is -0.504. The van der Waals surface area contributed by atoms with Crippen LogP contribution in [0.4, 0.5) is 9.18 Å². The van der Waals surface area contributed by atoms with Crippen LogP contribution in [0.5, 0.6) is 0 Å². The molecule has 0 spiro atoms. The van der Waals surface area contributed by atoms with E-state index in [1.165, 1.54) is 28.4 Å². The maximum atomic E-state index is 14.1. The van der Waals surface area contributed by atoms with Crippen molar-refractivity contribution in [2.24, 2.45) is 0 Å². The molecule has 234 valence electrons. The molecule has 0 saturated heterocycles. The van der Waals surface area contributed by atoms with Gasteiger partial charge in [0.2, 0.25) is 0 Å². The number of hydrogen-bond donors (Lipinski definition) is 1. The molecule has 3 aromatic carbocycles. The first-order chi connectivity index (χ1) is 22.4. The molecule has 2 aromatic heterocycles. The van der Waals surface area contributed by atoms with Crippen molar-refractivity contribution in [2.75, 3.05) is 20.2 Å². The molecular formula is C36H32ClFN4O3S. The Morgan fingerprint density at radius 2 is 1.80 bits per heavy atom. The summed E-state index contributed by atoms with van der Waals surface area (Å²) in [7, 11) is 1.65. The van der Waals surface area contributed by atoms with E-state index in [2.05, 4.69) is 34.7 Å². The Hall–Kier alpha value is -4.47. The second kappa shape index (κ2) is 12.7. The highest BCUT2D eigenvalue weighted by atomic mass is 35.5. The maximum Gasteiger partial charge on any atom is 0.409 e. The first-order valence-corrected chi connectivity index (χ1v) is 16.5. The standard InChI is InChI=1S/C36H32ClFN4O3S/c1-41(36(44)45-21-30-27-12-4-2-10-25(27)26-11-3-5-13-28(26)30)20-24(17-22-8-6-9-23(38)16-22)40-35(43)33-18-29-32(46-33)14-7-15-42-34(29)31(37)19-39-42/h2-6,8-13,16,18-19,24,30H,7,14-15,17,20-21H2,1H3,(H,40,43)/t24-/m0/s1. The lowest BCUT2D eigenvalue weighted by Crippen LogP contribution is -2.45. The van der Waals surface area contributed by atoms with Crippen molar-refractivity contribution in [3.05, 3.63) is 122 Å². The van der Waals surface area contributed by atoms with Gasteiger partial charge in [-0.2, -0.15) is 5.10 Å². The van der Waals surface area contributed by atoms with Crippen LogP contribution in [0.2, 0.25) is 5.02 Å². The Balaban J connectivity index is 1.07. The van der Waals surface area contributed by atoms with Gasteiger partial charge in [-0.1, -0.05) is 72.3 Å². The van der Waals surface area contributed by atoms with Crippen molar-refractivity contribution in [1.82, 2.24) is 20.0 Å². The summed E-state index contributed by atoms with van der Waals surface area (Å²) in [5.41, 5.74) is 7.04. The molecule has 10 heteroatoms. The van der Waals surface area contributed by atoms with Crippen molar-refractivity contribution in [1.29, 1.82) is 0 Å². The minimum Gasteiger partial charge on any atom is -0.448 e. The smallest absolute Gasteiger partial charge is 0.409 e. The average Bonchev–Trinajstić information content (AvgIpc) is 3.70. The Morgan fingerprint density at radius 1 is 1.07 bits per heavy atom. The zero-order valence-corrected chi connectivity index (χ0v) is 26.8. The summed E-state index contributed by atoms with van der Waals surface area (Å²) < 4.78 is 21.8. The third-order valence-corrected chi connectivity index (χ3v) is 10.2. The predicted molar refractivity (Wildman–Crippen MR) is 178 cm³/mol. The molecule has 7 rings (SSSR count). The Labute approximate surface area is 275 Å². The molecule has 1 aliphatic carbocycles. The van der Waals surface area contributed by atoms with Crippen LogP contribution in [0, 0.1) is 5.82 Å². The Kier molecular flexibility index (Phi) is 8.36. The number of carbonyl (C=O) groups is 2. The molecule has 0 bridgehead atoms. The minimum absolute atomic E-state index is 0.0635. The molecule has 0 saturated carbocycles. The van der Waals surface area contributed by atoms with Gasteiger partial charge in [0.25, 0.3) is 5.91 Å². The fraction of sp³-hybridized carbons (Fsp3) is 0.250. The highest BCUT2D eigenvalue weighted by Crippen LogP contribution is 2.44. The number of aryl methyl sites for hydroxylation is 2. The van der Waals surface area contributed by atoms with Crippen molar-refractivity contribution < 1.29 is 18.7 Å². The second-order valence-electron chi connectivity index (χ2n) is 11.8. The zero-order valence-electron chi connectivity index (χ0n) is 25.2. The van der Waals surface area contributed by atoms with E-state index < -0.39 is 12.1 Å². The third-order valence-electron chi connectivity index (χ3n) is 8.70. The van der Waals surface area contributed by atoms with Gasteiger partial charge in [-0.05, 0) is 65.3 Å². The van der Waals surface area contributed by atoms with E-state index in [1.54, 1.807) is 19.3 Å². The number of likely N-dealkylation sites (N-methyl/N-ethyl adjacent to an activating group) is 1. The lowest BCUT2D eigenvalue weighted by Gasteiger charge is -2.25. The summed E-state index contributed by atoms with van der Waals surface area (Å²) in [5, 5.41) is 8.06. The molecule has 2 aliphatic rings. The number of nitrogens with one attached hydrogen (secondary N) is 1. The van der Waals surface area contributed by atoms with E-state index in [1.807, 2.05) is 41.1 Å². The number of ether oxygens (including phenoxy) is 1. The van der Waals surface area contributed by atoms with Crippen LogP contribution in [0.3, 0.4) is 0 Å². The molecule has 0 unspecified atom stereocenters.